The summed E-state index contributed by atoms with van der Waals surface area (Å²) >= 11 is 0. The minimum Gasteiger partial charge on any atom is -0.382 e. The third-order valence-electron chi connectivity index (χ3n) is 3.55. The van der Waals surface area contributed by atoms with Gasteiger partial charge >= 0.3 is 0 Å². The summed E-state index contributed by atoms with van der Waals surface area (Å²) in [7, 11) is 0. The van der Waals surface area contributed by atoms with Crippen LogP contribution in [0.3, 0.4) is 0 Å². The Morgan fingerprint density at radius 2 is 2.22 bits per heavy atom. The third-order valence-corrected chi connectivity index (χ3v) is 3.55. The van der Waals surface area contributed by atoms with Crippen molar-refractivity contribution in [3.05, 3.63) is 41.1 Å². The number of amides is 1. The van der Waals surface area contributed by atoms with Crippen molar-refractivity contribution in [3.63, 3.8) is 0 Å². The molecule has 0 saturated heterocycles. The van der Waals surface area contributed by atoms with Gasteiger partial charge in [0.25, 0.3) is 5.91 Å². The van der Waals surface area contributed by atoms with Crippen LogP contribution in [0.4, 0.5) is 0 Å². The van der Waals surface area contributed by atoms with E-state index in [1.54, 1.807) is 6.08 Å². The van der Waals surface area contributed by atoms with E-state index in [1.165, 1.54) is 0 Å². The first-order valence-electron chi connectivity index (χ1n) is 7.72. The molecule has 0 radical (unpaired) electrons. The normalized spacial score (nSPS) is 11.4. The Kier molecular flexibility index (Phi) is 5.95. The highest BCUT2D eigenvalue weighted by atomic mass is 16.5. The standard InChI is InChI=1S/C18H21N3O2/c1-3-23-10-6-9-20-18(22)14(12-19)11-16-13(2)21-17-8-5-4-7-15(16)17/h4-5,7-8,11,21H,3,6,9-10H2,1-2H3,(H,20,22)/b14-11-. The second kappa shape index (κ2) is 8.16. The average molecular weight is 311 g/mol. The number of rotatable bonds is 7. The van der Waals surface area contributed by atoms with Crippen LogP contribution in [-0.4, -0.2) is 30.6 Å². The van der Waals surface area contributed by atoms with Crippen LogP contribution in [-0.2, 0) is 9.53 Å². The molecule has 0 aliphatic rings. The third kappa shape index (κ3) is 4.21. The summed E-state index contributed by atoms with van der Waals surface area (Å²) in [5.41, 5.74) is 2.91. The van der Waals surface area contributed by atoms with Gasteiger partial charge in [0.2, 0.25) is 0 Å². The lowest BCUT2D eigenvalue weighted by atomic mass is 10.1. The van der Waals surface area contributed by atoms with E-state index in [4.69, 9.17) is 4.74 Å². The van der Waals surface area contributed by atoms with Crippen LogP contribution in [0.5, 0.6) is 0 Å². The number of hydrogen-bond donors (Lipinski definition) is 2. The number of H-pyrrole nitrogens is 1. The molecule has 0 aliphatic heterocycles. The average Bonchev–Trinajstić information content (AvgIpc) is 2.87. The monoisotopic (exact) mass is 311 g/mol. The van der Waals surface area contributed by atoms with Gasteiger partial charge in [0.1, 0.15) is 11.6 Å². The summed E-state index contributed by atoms with van der Waals surface area (Å²) in [6, 6.07) is 9.82. The molecule has 0 aliphatic carbocycles. The Labute approximate surface area is 135 Å². The van der Waals surface area contributed by atoms with Gasteiger partial charge in [-0.3, -0.25) is 4.79 Å². The molecule has 0 spiro atoms. The van der Waals surface area contributed by atoms with Gasteiger partial charge in [-0.1, -0.05) is 18.2 Å². The molecule has 0 bridgehead atoms. The maximum absolute atomic E-state index is 12.1. The zero-order chi connectivity index (χ0) is 16.7. The molecule has 0 atom stereocenters. The molecule has 2 N–H and O–H groups in total. The van der Waals surface area contributed by atoms with Crippen LogP contribution in [0.2, 0.25) is 0 Å². The number of aromatic amines is 1. The quantitative estimate of drug-likeness (QED) is 0.469. The van der Waals surface area contributed by atoms with E-state index in [0.29, 0.717) is 19.8 Å². The second-order valence-electron chi connectivity index (χ2n) is 5.19. The lowest BCUT2D eigenvalue weighted by molar-refractivity contribution is -0.117. The summed E-state index contributed by atoms with van der Waals surface area (Å²) in [5.74, 6) is -0.353. The summed E-state index contributed by atoms with van der Waals surface area (Å²) in [5, 5.41) is 13.0. The molecule has 1 heterocycles. The summed E-state index contributed by atoms with van der Waals surface area (Å²) in [4.78, 5) is 15.4. The van der Waals surface area contributed by atoms with E-state index >= 15 is 0 Å². The molecule has 5 nitrogen and oxygen atoms in total. The van der Waals surface area contributed by atoms with Gasteiger partial charge in [-0.05, 0) is 32.4 Å². The first-order valence-corrected chi connectivity index (χ1v) is 7.72. The molecule has 0 fully saturated rings. The zero-order valence-corrected chi connectivity index (χ0v) is 13.5. The highest BCUT2D eigenvalue weighted by molar-refractivity contribution is 6.04. The minimum absolute atomic E-state index is 0.106. The maximum atomic E-state index is 12.1. The molecule has 1 aromatic carbocycles. The Hall–Kier alpha value is -2.58. The number of aryl methyl sites for hydroxylation is 1. The Morgan fingerprint density at radius 3 is 2.96 bits per heavy atom. The Morgan fingerprint density at radius 1 is 1.43 bits per heavy atom. The van der Waals surface area contributed by atoms with Crippen molar-refractivity contribution in [2.24, 2.45) is 0 Å². The predicted octanol–water partition coefficient (Wildman–Crippen LogP) is 2.93. The molecule has 5 heteroatoms. The van der Waals surface area contributed by atoms with Crippen molar-refractivity contribution in [2.45, 2.75) is 20.3 Å². The van der Waals surface area contributed by atoms with E-state index < -0.39 is 0 Å². The molecular weight excluding hydrogens is 290 g/mol. The van der Waals surface area contributed by atoms with Crippen molar-refractivity contribution in [1.29, 1.82) is 5.26 Å². The molecule has 2 aromatic rings. The molecule has 120 valence electrons. The second-order valence-corrected chi connectivity index (χ2v) is 5.19. The number of aromatic nitrogens is 1. The fraction of sp³-hybridized carbons (Fsp3) is 0.333. The number of benzene rings is 1. The smallest absolute Gasteiger partial charge is 0.261 e. The van der Waals surface area contributed by atoms with Gasteiger partial charge in [-0.2, -0.15) is 5.26 Å². The number of hydrogen-bond acceptors (Lipinski definition) is 3. The SMILES string of the molecule is CCOCCCNC(=O)/C(C#N)=C\c1c(C)[nH]c2ccccc12. The van der Waals surface area contributed by atoms with Gasteiger partial charge in [0.15, 0.2) is 0 Å². The first kappa shape index (κ1) is 16.8. The van der Waals surface area contributed by atoms with E-state index in [1.807, 2.05) is 44.2 Å². The number of nitrogens with one attached hydrogen (secondary N) is 2. The number of carbonyl (C=O) groups is 1. The summed E-state index contributed by atoms with van der Waals surface area (Å²) < 4.78 is 5.22. The number of para-hydroxylation sites is 1. The number of nitriles is 1. The molecular formula is C18H21N3O2. The highest BCUT2D eigenvalue weighted by Gasteiger charge is 2.12. The topological polar surface area (TPSA) is 77.9 Å². The number of carbonyl (C=O) groups excluding carboxylic acids is 1. The van der Waals surface area contributed by atoms with E-state index in [2.05, 4.69) is 10.3 Å². The van der Waals surface area contributed by atoms with Gasteiger partial charge < -0.3 is 15.0 Å². The van der Waals surface area contributed by atoms with Gasteiger partial charge in [-0.25, -0.2) is 0 Å². The van der Waals surface area contributed by atoms with E-state index in [9.17, 15) is 10.1 Å². The van der Waals surface area contributed by atoms with E-state index in [-0.39, 0.29) is 11.5 Å². The molecule has 1 aromatic heterocycles. The molecule has 23 heavy (non-hydrogen) atoms. The summed E-state index contributed by atoms with van der Waals surface area (Å²) in [6.07, 6.45) is 2.37. The van der Waals surface area contributed by atoms with Crippen LogP contribution >= 0.6 is 0 Å². The van der Waals surface area contributed by atoms with Crippen LogP contribution in [0.25, 0.3) is 17.0 Å². The minimum atomic E-state index is -0.353. The molecule has 2 rings (SSSR count). The fourth-order valence-corrected chi connectivity index (χ4v) is 2.39. The molecule has 0 unspecified atom stereocenters. The summed E-state index contributed by atoms with van der Waals surface area (Å²) in [6.45, 7) is 5.62. The van der Waals surface area contributed by atoms with Crippen molar-refractivity contribution in [1.82, 2.24) is 10.3 Å². The van der Waals surface area contributed by atoms with Gasteiger partial charge in [0, 0.05) is 41.9 Å². The highest BCUT2D eigenvalue weighted by Crippen LogP contribution is 2.24. The van der Waals surface area contributed by atoms with Crippen molar-refractivity contribution in [2.75, 3.05) is 19.8 Å². The zero-order valence-electron chi connectivity index (χ0n) is 13.5. The lowest BCUT2D eigenvalue weighted by Gasteiger charge is -2.04. The Bertz CT molecular complexity index is 753. The number of nitrogens with zero attached hydrogens (tertiary/aromatic N) is 1. The predicted molar refractivity (Wildman–Crippen MR) is 90.7 cm³/mol. The van der Waals surface area contributed by atoms with Crippen LogP contribution in [0.15, 0.2) is 29.8 Å². The van der Waals surface area contributed by atoms with Crippen molar-refractivity contribution in [3.8, 4) is 6.07 Å². The van der Waals surface area contributed by atoms with Gasteiger partial charge in [0.05, 0.1) is 0 Å². The molecule has 0 saturated carbocycles. The van der Waals surface area contributed by atoms with Crippen LogP contribution in [0, 0.1) is 18.3 Å². The van der Waals surface area contributed by atoms with Crippen LogP contribution in [0.1, 0.15) is 24.6 Å². The largest absolute Gasteiger partial charge is 0.382 e. The lowest BCUT2D eigenvalue weighted by Crippen LogP contribution is -2.26. The fourth-order valence-electron chi connectivity index (χ4n) is 2.39. The Balaban J connectivity index is 2.13. The first-order chi connectivity index (χ1) is 11.2. The maximum Gasteiger partial charge on any atom is 0.261 e. The number of fused-ring (bicyclic) bond motifs is 1. The molecule has 1 amide bonds. The van der Waals surface area contributed by atoms with Crippen molar-refractivity contribution < 1.29 is 9.53 Å². The number of ether oxygens (including phenoxy) is 1. The van der Waals surface area contributed by atoms with Crippen molar-refractivity contribution >= 4 is 22.9 Å². The van der Waals surface area contributed by atoms with Crippen LogP contribution < -0.4 is 5.32 Å². The van der Waals surface area contributed by atoms with Gasteiger partial charge in [-0.15, -0.1) is 0 Å². The van der Waals surface area contributed by atoms with E-state index in [0.717, 1.165) is 28.6 Å².